The largest absolute Gasteiger partial charge is 0.494 e. The number of fused-ring (bicyclic) bond motifs is 1. The van der Waals surface area contributed by atoms with E-state index in [0.29, 0.717) is 19.2 Å². The van der Waals surface area contributed by atoms with Gasteiger partial charge in [-0.25, -0.2) is 4.68 Å². The topological polar surface area (TPSA) is 88.9 Å². The fraction of sp³-hybridized carbons (Fsp3) is 0.615. The summed E-state index contributed by atoms with van der Waals surface area (Å²) in [6.45, 7) is 13.9. The van der Waals surface area contributed by atoms with Gasteiger partial charge in [-0.1, -0.05) is 26.7 Å². The van der Waals surface area contributed by atoms with Gasteiger partial charge < -0.3 is 9.72 Å². The molecule has 0 aliphatic heterocycles. The van der Waals surface area contributed by atoms with Gasteiger partial charge in [-0.15, -0.1) is 5.10 Å². The first-order valence-corrected chi connectivity index (χ1v) is 12.5. The van der Waals surface area contributed by atoms with Crippen LogP contribution < -0.4 is 10.3 Å². The van der Waals surface area contributed by atoms with Gasteiger partial charge in [-0.05, 0) is 81.1 Å². The van der Waals surface area contributed by atoms with E-state index < -0.39 is 0 Å². The molecular weight excluding hydrogens is 428 g/mol. The molecule has 1 aromatic carbocycles. The molecule has 0 saturated heterocycles. The normalized spacial score (nSPS) is 16.1. The molecule has 1 aliphatic rings. The van der Waals surface area contributed by atoms with Crippen LogP contribution in [-0.4, -0.2) is 42.7 Å². The zero-order chi connectivity index (χ0) is 24.5. The highest BCUT2D eigenvalue weighted by molar-refractivity contribution is 5.80. The van der Waals surface area contributed by atoms with E-state index in [9.17, 15) is 4.79 Å². The molecule has 0 unspecified atom stereocenters. The summed E-state index contributed by atoms with van der Waals surface area (Å²) in [4.78, 5) is 18.7. The highest BCUT2D eigenvalue weighted by Gasteiger charge is 2.37. The molecule has 8 heteroatoms. The van der Waals surface area contributed by atoms with Gasteiger partial charge in [0.15, 0.2) is 5.82 Å². The molecule has 0 radical (unpaired) electrons. The van der Waals surface area contributed by atoms with Crippen LogP contribution in [0.2, 0.25) is 0 Å². The van der Waals surface area contributed by atoms with Crippen molar-refractivity contribution < 1.29 is 4.74 Å². The van der Waals surface area contributed by atoms with E-state index in [4.69, 9.17) is 4.74 Å². The SMILES string of the molecule is CCOc1ccc2[nH]c(=O)c(CN(C3CCCC3)[C@H](c3nnnn3C(C)(C)C)C(C)C)cc2c1. The molecule has 1 saturated carbocycles. The van der Waals surface area contributed by atoms with Crippen molar-refractivity contribution in [1.29, 1.82) is 0 Å². The van der Waals surface area contributed by atoms with E-state index >= 15 is 0 Å². The first kappa shape index (κ1) is 24.4. The van der Waals surface area contributed by atoms with Gasteiger partial charge in [-0.2, -0.15) is 0 Å². The maximum atomic E-state index is 13.1. The monoisotopic (exact) mass is 466 g/mol. The Kier molecular flexibility index (Phi) is 7.07. The van der Waals surface area contributed by atoms with Crippen LogP contribution >= 0.6 is 0 Å². The van der Waals surface area contributed by atoms with E-state index in [1.165, 1.54) is 12.8 Å². The van der Waals surface area contributed by atoms with Crippen LogP contribution in [0.4, 0.5) is 0 Å². The van der Waals surface area contributed by atoms with Gasteiger partial charge in [0.1, 0.15) is 5.75 Å². The highest BCUT2D eigenvalue weighted by atomic mass is 16.5. The Morgan fingerprint density at radius 1 is 1.21 bits per heavy atom. The second-order valence-electron chi connectivity index (χ2n) is 10.7. The summed E-state index contributed by atoms with van der Waals surface area (Å²) < 4.78 is 7.63. The summed E-state index contributed by atoms with van der Waals surface area (Å²) in [7, 11) is 0. The maximum Gasteiger partial charge on any atom is 0.252 e. The summed E-state index contributed by atoms with van der Waals surface area (Å²) in [5.74, 6) is 1.95. The number of pyridine rings is 1. The first-order valence-electron chi connectivity index (χ1n) is 12.5. The van der Waals surface area contributed by atoms with Crippen LogP contribution in [0.1, 0.15) is 84.7 Å². The van der Waals surface area contributed by atoms with Crippen LogP contribution in [0.25, 0.3) is 10.9 Å². The molecule has 34 heavy (non-hydrogen) atoms. The van der Waals surface area contributed by atoms with Crippen molar-refractivity contribution in [3.8, 4) is 5.75 Å². The Morgan fingerprint density at radius 2 is 1.94 bits per heavy atom. The molecule has 1 fully saturated rings. The third-order valence-corrected chi connectivity index (χ3v) is 6.73. The van der Waals surface area contributed by atoms with Gasteiger partial charge in [0, 0.05) is 29.1 Å². The second-order valence-corrected chi connectivity index (χ2v) is 10.7. The third-order valence-electron chi connectivity index (χ3n) is 6.73. The molecule has 4 rings (SSSR count). The van der Waals surface area contributed by atoms with E-state index in [0.717, 1.165) is 40.9 Å². The van der Waals surface area contributed by atoms with Gasteiger partial charge >= 0.3 is 0 Å². The first-order chi connectivity index (χ1) is 16.2. The zero-order valence-corrected chi connectivity index (χ0v) is 21.3. The van der Waals surface area contributed by atoms with Crippen LogP contribution in [0, 0.1) is 5.92 Å². The van der Waals surface area contributed by atoms with Gasteiger partial charge in [-0.3, -0.25) is 9.69 Å². The Morgan fingerprint density at radius 3 is 2.59 bits per heavy atom. The number of ether oxygens (including phenoxy) is 1. The number of aromatic nitrogens is 5. The summed E-state index contributed by atoms with van der Waals surface area (Å²) in [6.07, 6.45) is 4.67. The molecule has 0 amide bonds. The zero-order valence-electron chi connectivity index (χ0n) is 21.3. The molecular formula is C26H38N6O2. The minimum Gasteiger partial charge on any atom is -0.494 e. The van der Waals surface area contributed by atoms with E-state index in [1.807, 2.05) is 35.9 Å². The Bertz CT molecular complexity index is 1170. The number of hydrogen-bond donors (Lipinski definition) is 1. The third kappa shape index (κ3) is 5.02. The average molecular weight is 467 g/mol. The molecule has 0 bridgehead atoms. The maximum absolute atomic E-state index is 13.1. The number of H-pyrrole nitrogens is 1. The van der Waals surface area contributed by atoms with Crippen molar-refractivity contribution in [3.05, 3.63) is 46.0 Å². The molecule has 3 aromatic rings. The van der Waals surface area contributed by atoms with Crippen LogP contribution in [-0.2, 0) is 12.1 Å². The number of rotatable bonds is 8. The highest BCUT2D eigenvalue weighted by Crippen LogP contribution is 2.37. The standard InChI is InChI=1S/C26H38N6O2/c1-7-34-21-12-13-22-18(15-21)14-19(25(33)27-22)16-31(20-10-8-9-11-20)23(17(2)3)24-28-29-30-32(24)26(4,5)6/h12-15,17,20,23H,7-11,16H2,1-6H3,(H,27,33)/t23-/m0/s1. The number of benzene rings is 1. The van der Waals surface area contributed by atoms with Gasteiger partial charge in [0.2, 0.25) is 0 Å². The lowest BCUT2D eigenvalue weighted by molar-refractivity contribution is 0.0802. The fourth-order valence-electron chi connectivity index (χ4n) is 5.18. The molecule has 1 atom stereocenters. The number of aromatic amines is 1. The summed E-state index contributed by atoms with van der Waals surface area (Å²) in [6, 6.07) is 8.22. The second kappa shape index (κ2) is 9.86. The smallest absolute Gasteiger partial charge is 0.252 e. The van der Waals surface area contributed by atoms with Crippen LogP contribution in [0.5, 0.6) is 5.75 Å². The van der Waals surface area contributed by atoms with Crippen LogP contribution in [0.3, 0.4) is 0 Å². The van der Waals surface area contributed by atoms with Crippen molar-refractivity contribution in [1.82, 2.24) is 30.1 Å². The summed E-state index contributed by atoms with van der Waals surface area (Å²) >= 11 is 0. The van der Waals surface area contributed by atoms with E-state index in [-0.39, 0.29) is 23.1 Å². The van der Waals surface area contributed by atoms with Crippen molar-refractivity contribution in [2.24, 2.45) is 5.92 Å². The predicted octanol–water partition coefficient (Wildman–Crippen LogP) is 4.81. The predicted molar refractivity (Wildman–Crippen MR) is 134 cm³/mol. The number of hydrogen-bond acceptors (Lipinski definition) is 6. The Hall–Kier alpha value is -2.74. The van der Waals surface area contributed by atoms with Gasteiger partial charge in [0.25, 0.3) is 5.56 Å². The molecule has 2 heterocycles. The molecule has 184 valence electrons. The Balaban J connectivity index is 1.77. The van der Waals surface area contributed by atoms with E-state index in [1.54, 1.807) is 0 Å². The number of nitrogens with zero attached hydrogens (tertiary/aromatic N) is 5. The van der Waals surface area contributed by atoms with E-state index in [2.05, 4.69) is 60.0 Å². The summed E-state index contributed by atoms with van der Waals surface area (Å²) in [5, 5.41) is 13.9. The van der Waals surface area contributed by atoms with Crippen molar-refractivity contribution in [2.75, 3.05) is 6.61 Å². The molecule has 0 spiro atoms. The minimum absolute atomic E-state index is 0.00202. The lowest BCUT2D eigenvalue weighted by Gasteiger charge is -2.39. The molecule has 8 nitrogen and oxygen atoms in total. The lowest BCUT2D eigenvalue weighted by Crippen LogP contribution is -2.42. The number of tetrazole rings is 1. The van der Waals surface area contributed by atoms with Crippen molar-refractivity contribution >= 4 is 10.9 Å². The lowest BCUT2D eigenvalue weighted by atomic mass is 9.96. The quantitative estimate of drug-likeness (QED) is 0.512. The average Bonchev–Trinajstić information content (AvgIpc) is 3.46. The summed E-state index contributed by atoms with van der Waals surface area (Å²) in [5.41, 5.74) is 1.30. The molecule has 1 aliphatic carbocycles. The molecule has 2 aromatic heterocycles. The molecule has 1 N–H and O–H groups in total. The number of nitrogens with one attached hydrogen (secondary N) is 1. The van der Waals surface area contributed by atoms with Crippen molar-refractivity contribution in [2.45, 2.75) is 91.4 Å². The fourth-order valence-corrected chi connectivity index (χ4v) is 5.18. The van der Waals surface area contributed by atoms with Crippen molar-refractivity contribution in [3.63, 3.8) is 0 Å². The Labute approximate surface area is 201 Å². The van der Waals surface area contributed by atoms with Gasteiger partial charge in [0.05, 0.1) is 18.2 Å². The minimum atomic E-state index is -0.233. The van der Waals surface area contributed by atoms with Crippen LogP contribution in [0.15, 0.2) is 29.1 Å².